The summed E-state index contributed by atoms with van der Waals surface area (Å²) in [5.41, 5.74) is 0. The number of ether oxygens (including phenoxy) is 3. The maximum absolute atomic E-state index is 10.5. The molecule has 100 valence electrons. The van der Waals surface area contributed by atoms with Crippen molar-refractivity contribution in [2.75, 3.05) is 19.8 Å². The number of hydrogen-bond acceptors (Lipinski definition) is 4. The number of hydrogen-bond donors (Lipinski definition) is 1. The van der Waals surface area contributed by atoms with Crippen molar-refractivity contribution in [3.63, 3.8) is 0 Å². The predicted octanol–water partition coefficient (Wildman–Crippen LogP) is 1.95. The molecule has 18 heavy (non-hydrogen) atoms. The SMILES string of the molecule is CCOc1ccc(OCCO[C@H](C)C(=O)O)cc1. The molecule has 1 N–H and O–H groups in total. The van der Waals surface area contributed by atoms with Gasteiger partial charge in [-0.1, -0.05) is 0 Å². The lowest BCUT2D eigenvalue weighted by molar-refractivity contribution is -0.149. The van der Waals surface area contributed by atoms with Crippen LogP contribution in [0.1, 0.15) is 13.8 Å². The third kappa shape index (κ3) is 5.05. The van der Waals surface area contributed by atoms with E-state index in [4.69, 9.17) is 19.3 Å². The lowest BCUT2D eigenvalue weighted by Gasteiger charge is -2.10. The minimum Gasteiger partial charge on any atom is -0.494 e. The van der Waals surface area contributed by atoms with Crippen molar-refractivity contribution in [1.29, 1.82) is 0 Å². The summed E-state index contributed by atoms with van der Waals surface area (Å²) in [7, 11) is 0. The minimum atomic E-state index is -0.976. The van der Waals surface area contributed by atoms with Gasteiger partial charge in [-0.05, 0) is 38.1 Å². The van der Waals surface area contributed by atoms with Gasteiger partial charge in [0.2, 0.25) is 0 Å². The quantitative estimate of drug-likeness (QED) is 0.718. The average molecular weight is 254 g/mol. The van der Waals surface area contributed by atoms with Crippen LogP contribution in [0, 0.1) is 0 Å². The van der Waals surface area contributed by atoms with E-state index in [9.17, 15) is 4.79 Å². The van der Waals surface area contributed by atoms with Crippen LogP contribution in [-0.4, -0.2) is 37.0 Å². The Bertz CT molecular complexity index is 360. The normalized spacial score (nSPS) is 11.9. The smallest absolute Gasteiger partial charge is 0.332 e. The Balaban J connectivity index is 2.25. The fraction of sp³-hybridized carbons (Fsp3) is 0.462. The van der Waals surface area contributed by atoms with Crippen LogP contribution in [0.3, 0.4) is 0 Å². The van der Waals surface area contributed by atoms with E-state index in [1.54, 1.807) is 12.1 Å². The van der Waals surface area contributed by atoms with Crippen molar-refractivity contribution in [2.45, 2.75) is 20.0 Å². The van der Waals surface area contributed by atoms with Gasteiger partial charge in [0.25, 0.3) is 0 Å². The van der Waals surface area contributed by atoms with E-state index in [-0.39, 0.29) is 6.61 Å². The highest BCUT2D eigenvalue weighted by atomic mass is 16.5. The fourth-order valence-electron chi connectivity index (χ4n) is 1.25. The van der Waals surface area contributed by atoms with Crippen LogP contribution in [-0.2, 0) is 9.53 Å². The standard InChI is InChI=1S/C13H18O5/c1-3-16-11-4-6-12(7-5-11)18-9-8-17-10(2)13(14)15/h4-7,10H,3,8-9H2,1-2H3,(H,14,15)/t10-/m1/s1. The van der Waals surface area contributed by atoms with Gasteiger partial charge in [-0.25, -0.2) is 4.79 Å². The molecule has 0 saturated carbocycles. The van der Waals surface area contributed by atoms with Gasteiger partial charge in [0, 0.05) is 0 Å². The Labute approximate surface area is 106 Å². The van der Waals surface area contributed by atoms with Crippen molar-refractivity contribution in [1.82, 2.24) is 0 Å². The van der Waals surface area contributed by atoms with Crippen LogP contribution < -0.4 is 9.47 Å². The molecule has 5 heteroatoms. The van der Waals surface area contributed by atoms with Gasteiger partial charge < -0.3 is 19.3 Å². The molecule has 1 aromatic rings. The van der Waals surface area contributed by atoms with Gasteiger partial charge in [0.05, 0.1) is 13.2 Å². The zero-order valence-electron chi connectivity index (χ0n) is 10.6. The van der Waals surface area contributed by atoms with Gasteiger partial charge >= 0.3 is 5.97 Å². The first kappa shape index (κ1) is 14.3. The first-order chi connectivity index (χ1) is 8.63. The Hall–Kier alpha value is -1.75. The maximum Gasteiger partial charge on any atom is 0.332 e. The summed E-state index contributed by atoms with van der Waals surface area (Å²) in [6, 6.07) is 7.23. The van der Waals surface area contributed by atoms with Gasteiger partial charge in [0.15, 0.2) is 6.10 Å². The summed E-state index contributed by atoms with van der Waals surface area (Å²) in [6.45, 7) is 4.58. The molecule has 0 heterocycles. The largest absolute Gasteiger partial charge is 0.494 e. The van der Waals surface area contributed by atoms with E-state index in [1.807, 2.05) is 19.1 Å². The molecule has 0 radical (unpaired) electrons. The summed E-state index contributed by atoms with van der Waals surface area (Å²) < 4.78 is 15.7. The molecule has 0 spiro atoms. The number of aliphatic carboxylic acids is 1. The summed E-state index contributed by atoms with van der Waals surface area (Å²) in [4.78, 5) is 10.5. The molecule has 5 nitrogen and oxygen atoms in total. The highest BCUT2D eigenvalue weighted by Gasteiger charge is 2.10. The molecular weight excluding hydrogens is 236 g/mol. The topological polar surface area (TPSA) is 65.0 Å². The molecule has 0 saturated heterocycles. The summed E-state index contributed by atoms with van der Waals surface area (Å²) in [6.07, 6.45) is -0.811. The Kier molecular flexibility index (Phi) is 6.00. The van der Waals surface area contributed by atoms with Crippen molar-refractivity contribution in [3.8, 4) is 11.5 Å². The molecule has 0 amide bonds. The van der Waals surface area contributed by atoms with Crippen molar-refractivity contribution < 1.29 is 24.1 Å². The molecule has 1 atom stereocenters. The number of rotatable bonds is 8. The third-order valence-electron chi connectivity index (χ3n) is 2.20. The van der Waals surface area contributed by atoms with Crippen molar-refractivity contribution in [2.24, 2.45) is 0 Å². The second-order valence-corrected chi connectivity index (χ2v) is 3.60. The van der Waals surface area contributed by atoms with Crippen LogP contribution in [0.2, 0.25) is 0 Å². The van der Waals surface area contributed by atoms with E-state index in [0.29, 0.717) is 19.0 Å². The van der Waals surface area contributed by atoms with Crippen LogP contribution in [0.4, 0.5) is 0 Å². The monoisotopic (exact) mass is 254 g/mol. The zero-order valence-corrected chi connectivity index (χ0v) is 10.6. The minimum absolute atomic E-state index is 0.237. The van der Waals surface area contributed by atoms with E-state index in [2.05, 4.69) is 0 Å². The first-order valence-electron chi connectivity index (χ1n) is 5.83. The van der Waals surface area contributed by atoms with E-state index >= 15 is 0 Å². The molecule has 0 aromatic heterocycles. The lowest BCUT2D eigenvalue weighted by atomic mass is 10.3. The summed E-state index contributed by atoms with van der Waals surface area (Å²) >= 11 is 0. The Morgan fingerprint density at radius 3 is 2.22 bits per heavy atom. The average Bonchev–Trinajstić information content (AvgIpc) is 2.36. The number of carbonyl (C=O) groups is 1. The molecule has 0 aliphatic heterocycles. The fourth-order valence-corrected chi connectivity index (χ4v) is 1.25. The molecule has 0 aliphatic rings. The van der Waals surface area contributed by atoms with Crippen molar-refractivity contribution in [3.05, 3.63) is 24.3 Å². The van der Waals surface area contributed by atoms with Crippen LogP contribution in [0.5, 0.6) is 11.5 Å². The van der Waals surface area contributed by atoms with Crippen LogP contribution >= 0.6 is 0 Å². The number of carboxylic acid groups (broad SMARTS) is 1. The third-order valence-corrected chi connectivity index (χ3v) is 2.20. The van der Waals surface area contributed by atoms with Gasteiger partial charge in [-0.15, -0.1) is 0 Å². The second-order valence-electron chi connectivity index (χ2n) is 3.60. The predicted molar refractivity (Wildman–Crippen MR) is 66.2 cm³/mol. The molecule has 1 rings (SSSR count). The Morgan fingerprint density at radius 2 is 1.72 bits per heavy atom. The maximum atomic E-state index is 10.5. The summed E-state index contributed by atoms with van der Waals surface area (Å²) in [5, 5.41) is 8.60. The summed E-state index contributed by atoms with van der Waals surface area (Å²) in [5.74, 6) is 0.515. The lowest BCUT2D eigenvalue weighted by Crippen LogP contribution is -2.22. The Morgan fingerprint density at radius 1 is 1.17 bits per heavy atom. The van der Waals surface area contributed by atoms with E-state index in [0.717, 1.165) is 5.75 Å². The molecule has 0 fully saturated rings. The number of carboxylic acids is 1. The van der Waals surface area contributed by atoms with E-state index in [1.165, 1.54) is 6.92 Å². The van der Waals surface area contributed by atoms with Gasteiger partial charge in [-0.3, -0.25) is 0 Å². The van der Waals surface area contributed by atoms with E-state index < -0.39 is 12.1 Å². The highest BCUT2D eigenvalue weighted by molar-refractivity contribution is 5.71. The molecule has 0 unspecified atom stereocenters. The molecule has 0 aliphatic carbocycles. The zero-order chi connectivity index (χ0) is 13.4. The first-order valence-corrected chi connectivity index (χ1v) is 5.83. The molecule has 1 aromatic carbocycles. The van der Waals surface area contributed by atoms with Gasteiger partial charge in [0.1, 0.15) is 18.1 Å². The molecular formula is C13H18O5. The highest BCUT2D eigenvalue weighted by Crippen LogP contribution is 2.17. The van der Waals surface area contributed by atoms with Gasteiger partial charge in [-0.2, -0.15) is 0 Å². The molecule has 0 bridgehead atoms. The second kappa shape index (κ2) is 7.55. The van der Waals surface area contributed by atoms with Crippen LogP contribution in [0.25, 0.3) is 0 Å². The van der Waals surface area contributed by atoms with Crippen molar-refractivity contribution >= 4 is 5.97 Å². The number of benzene rings is 1. The van der Waals surface area contributed by atoms with Crippen LogP contribution in [0.15, 0.2) is 24.3 Å².